The lowest BCUT2D eigenvalue weighted by atomic mass is 10.1. The van der Waals surface area contributed by atoms with E-state index in [4.69, 9.17) is 46.7 Å². The van der Waals surface area contributed by atoms with Crippen LogP contribution in [0.15, 0.2) is 158 Å². The van der Waals surface area contributed by atoms with Crippen molar-refractivity contribution in [3.05, 3.63) is 174 Å². The van der Waals surface area contributed by atoms with Crippen molar-refractivity contribution in [1.82, 2.24) is 0 Å². The van der Waals surface area contributed by atoms with Gasteiger partial charge in [0.05, 0.1) is 45.2 Å². The second-order valence-corrected chi connectivity index (χ2v) is 39.4. The number of carbonyl (C=O) groups is 3. The second-order valence-electron chi connectivity index (χ2n) is 30.6. The van der Waals surface area contributed by atoms with Crippen molar-refractivity contribution >= 4 is 34.5 Å². The van der Waals surface area contributed by atoms with Gasteiger partial charge in [0.25, 0.3) is 0 Å². The Kier molecular flexibility index (Phi) is 41.8. The van der Waals surface area contributed by atoms with Crippen molar-refractivity contribution in [2.24, 2.45) is 0 Å². The fraction of sp³-hybridized carbons (Fsp3) is 0.521. The van der Waals surface area contributed by atoms with Gasteiger partial charge in [0, 0.05) is 12.1 Å². The first-order valence-electron chi connectivity index (χ1n) is 42.1. The first-order valence-corrected chi connectivity index (χ1v) is 48.3. The van der Waals surface area contributed by atoms with Gasteiger partial charge in [-0.05, 0) is 196 Å². The van der Waals surface area contributed by atoms with Crippen LogP contribution in [-0.2, 0) is 4.12 Å². The molecule has 0 aliphatic heterocycles. The Morgan fingerprint density at radius 2 is 0.486 bits per heavy atom. The molecule has 7 aromatic carbocycles. The maximum absolute atomic E-state index is 14.0. The van der Waals surface area contributed by atoms with E-state index in [1.807, 2.05) is 97.1 Å². The quantitative estimate of drug-likeness (QED) is 0.0155. The Labute approximate surface area is 657 Å². The van der Waals surface area contributed by atoms with Crippen LogP contribution in [0.4, 0.5) is 0 Å². The third-order valence-electron chi connectivity index (χ3n) is 19.9. The molecule has 0 aliphatic carbocycles. The molecule has 0 spiro atoms. The van der Waals surface area contributed by atoms with Gasteiger partial charge in [-0.15, -0.1) is 0 Å². The minimum absolute atomic E-state index is 0.331. The molecule has 13 nitrogen and oxygen atoms in total. The number of hydrogen-bond donors (Lipinski definition) is 0. The number of rotatable bonds is 59. The fourth-order valence-corrected chi connectivity index (χ4v) is 22.5. The number of unbranched alkanes of at least 4 members (excludes halogenated alkanes) is 27. The zero-order valence-corrected chi connectivity index (χ0v) is 69.8. The highest BCUT2D eigenvalue weighted by Crippen LogP contribution is 2.34. The van der Waals surface area contributed by atoms with Crippen LogP contribution in [0.1, 0.15) is 271 Å². The summed E-state index contributed by atoms with van der Waals surface area (Å²) in [7, 11) is -3.98. The molecular weight excluding hydrogens is 1390 g/mol. The average Bonchev–Trinajstić information content (AvgIpc) is 0.834. The molecule has 0 bridgehead atoms. The van der Waals surface area contributed by atoms with Crippen molar-refractivity contribution in [2.45, 2.75) is 278 Å². The first-order chi connectivity index (χ1) is 53.1. The zero-order chi connectivity index (χ0) is 77.4. The highest BCUT2D eigenvalue weighted by molar-refractivity contribution is 6.84. The van der Waals surface area contributed by atoms with Gasteiger partial charge in [-0.1, -0.05) is 250 Å². The molecule has 0 aromatic heterocycles. The predicted molar refractivity (Wildman–Crippen MR) is 452 cm³/mol. The lowest BCUT2D eigenvalue weighted by Gasteiger charge is -2.34. The maximum atomic E-state index is 14.0. The molecule has 0 amide bonds. The molecule has 15 heteroatoms. The van der Waals surface area contributed by atoms with Crippen LogP contribution < -0.4 is 42.6 Å². The molecule has 0 saturated heterocycles. The number of ether oxygens (including phenoxy) is 9. The third-order valence-corrected chi connectivity index (χ3v) is 27.4. The molecule has 109 heavy (non-hydrogen) atoms. The van der Waals surface area contributed by atoms with E-state index >= 15 is 0 Å². The third kappa shape index (κ3) is 35.4. The normalized spacial score (nSPS) is 11.5. The van der Waals surface area contributed by atoms with E-state index < -0.39 is 34.5 Å². The van der Waals surface area contributed by atoms with E-state index in [1.165, 1.54) is 128 Å². The topological polar surface area (TPSA) is 144 Å². The summed E-state index contributed by atoms with van der Waals surface area (Å²) in [6.07, 6.45) is 38.4. The van der Waals surface area contributed by atoms with Gasteiger partial charge in [0.1, 0.15) is 62.9 Å². The molecule has 0 aliphatic rings. The van der Waals surface area contributed by atoms with E-state index in [-0.39, 0.29) is 0 Å². The van der Waals surface area contributed by atoms with Crippen molar-refractivity contribution in [1.29, 1.82) is 0 Å². The van der Waals surface area contributed by atoms with Crippen LogP contribution >= 0.6 is 0 Å². The highest BCUT2D eigenvalue weighted by atomic mass is 28.4. The lowest BCUT2D eigenvalue weighted by Crippen LogP contribution is -2.44. The van der Waals surface area contributed by atoms with Crippen LogP contribution in [0.5, 0.6) is 51.7 Å². The Morgan fingerprint density at radius 1 is 0.248 bits per heavy atom. The van der Waals surface area contributed by atoms with Crippen LogP contribution in [0.3, 0.4) is 0 Å². The van der Waals surface area contributed by atoms with E-state index in [9.17, 15) is 14.4 Å². The molecule has 0 radical (unpaired) electrons. The Bertz CT molecular complexity index is 3630. The molecule has 0 atom stereocenters. The van der Waals surface area contributed by atoms with Gasteiger partial charge in [-0.2, -0.15) is 0 Å². The van der Waals surface area contributed by atoms with Crippen LogP contribution in [0, 0.1) is 0 Å². The monoisotopic (exact) mass is 1520 g/mol. The summed E-state index contributed by atoms with van der Waals surface area (Å²) < 4.78 is 62.0. The van der Waals surface area contributed by atoms with Crippen molar-refractivity contribution in [3.8, 4) is 74.0 Å². The van der Waals surface area contributed by atoms with Gasteiger partial charge in [0.2, 0.25) is 0 Å². The minimum atomic E-state index is -1.99. The largest absolute Gasteiger partial charge is 0.494 e. The molecule has 594 valence electrons. The number of hydrogen-bond acceptors (Lipinski definition) is 13. The Balaban J connectivity index is 0.836. The van der Waals surface area contributed by atoms with Crippen molar-refractivity contribution < 1.29 is 61.1 Å². The van der Waals surface area contributed by atoms with Gasteiger partial charge < -0.3 is 46.7 Å². The van der Waals surface area contributed by atoms with E-state index in [0.717, 1.165) is 136 Å². The number of esters is 3. The van der Waals surface area contributed by atoms with Crippen LogP contribution in [0.2, 0.25) is 38.3 Å². The minimum Gasteiger partial charge on any atom is -0.494 e. The molecule has 0 unspecified atom stereocenters. The molecule has 0 heterocycles. The van der Waals surface area contributed by atoms with E-state index in [1.54, 1.807) is 48.5 Å². The summed E-state index contributed by atoms with van der Waals surface area (Å²) >= 11 is 0. The molecule has 7 aromatic rings. The summed E-state index contributed by atoms with van der Waals surface area (Å²) in [5.74, 6) is 3.72. The van der Waals surface area contributed by atoms with E-state index in [0.29, 0.717) is 90.0 Å². The smallest absolute Gasteiger partial charge is 0.347 e. The Hall–Kier alpha value is -7.86. The van der Waals surface area contributed by atoms with Crippen LogP contribution in [-0.4, -0.2) is 74.2 Å². The standard InChI is InChI=1S/C94H132O13Si2/c1-9-13-17-21-25-26-27-31-35-67-98-81-52-42-76(43-53-81)77-46-58-84(59-47-77)105-93(96)88-64-62-86(100-68-36-29-23-19-15-11-3)74-90(88)102-70-38-32-40-72-108(5,6)107-109(7,8)73-41-33-39-71-103-91-75-87(101-69-37-30-24-20-16-12-4)63-65-89(91)94(97)106-85-60-48-79(49-61-85)78-44-56-83(57-45-78)104-92(95)80-50-54-82(55-51-80)99-66-34-28-22-18-14-10-2/h42-65,74-75H,9-41,66-73H2,1-8H3. The second kappa shape index (κ2) is 51.6. The van der Waals surface area contributed by atoms with Gasteiger partial charge in [-0.3, -0.25) is 0 Å². The Morgan fingerprint density at radius 3 is 0.798 bits per heavy atom. The molecule has 0 saturated carbocycles. The fourth-order valence-electron chi connectivity index (χ4n) is 13.5. The summed E-state index contributed by atoms with van der Waals surface area (Å²) in [5, 5.41) is 0. The number of carbonyl (C=O) groups excluding carboxylic acids is 3. The summed E-state index contributed by atoms with van der Waals surface area (Å²) in [5.41, 5.74) is 5.05. The van der Waals surface area contributed by atoms with Crippen molar-refractivity contribution in [2.75, 3.05) is 39.6 Å². The van der Waals surface area contributed by atoms with Crippen molar-refractivity contribution in [3.63, 3.8) is 0 Å². The average molecular weight is 1530 g/mol. The number of benzene rings is 7. The van der Waals surface area contributed by atoms with Crippen LogP contribution in [0.25, 0.3) is 22.3 Å². The molecule has 0 fully saturated rings. The first kappa shape index (κ1) is 88.4. The zero-order valence-electron chi connectivity index (χ0n) is 67.8. The maximum Gasteiger partial charge on any atom is 0.347 e. The van der Waals surface area contributed by atoms with Gasteiger partial charge in [-0.25, -0.2) is 14.4 Å². The van der Waals surface area contributed by atoms with E-state index in [2.05, 4.69) is 66.0 Å². The molecular formula is C94H132O13Si2. The summed E-state index contributed by atoms with van der Waals surface area (Å²) in [4.78, 5) is 40.9. The summed E-state index contributed by atoms with van der Waals surface area (Å²) in [6, 6.07) is 50.6. The van der Waals surface area contributed by atoms with Gasteiger partial charge >= 0.3 is 17.9 Å². The lowest BCUT2D eigenvalue weighted by molar-refractivity contribution is 0.0720. The molecule has 7 rings (SSSR count). The summed E-state index contributed by atoms with van der Waals surface area (Å²) in [6.45, 7) is 21.8. The molecule has 0 N–H and O–H groups in total. The SMILES string of the molecule is CCCCCCCCCCCOc1ccc(-c2ccc(OC(=O)c3ccc(OCCCCCCCC)cc3OCCCCC[Si](C)(C)O[Si](C)(C)CCCCCOc3cc(OCCCCCCCC)ccc3C(=O)Oc3ccc(-c4ccc(OC(=O)c5ccc(OCCCCCCCC)cc5)cc4)cc3)cc2)cc1. The van der Waals surface area contributed by atoms with Gasteiger partial charge in [0.15, 0.2) is 16.6 Å². The highest BCUT2D eigenvalue weighted by Gasteiger charge is 2.32. The predicted octanol–water partition coefficient (Wildman–Crippen LogP) is 27.0.